The fourth-order valence-corrected chi connectivity index (χ4v) is 3.40. The van der Waals surface area contributed by atoms with Gasteiger partial charge in [-0.05, 0) is 70.1 Å². The van der Waals surface area contributed by atoms with Gasteiger partial charge in [0.25, 0.3) is 0 Å². The van der Waals surface area contributed by atoms with Gasteiger partial charge in [0.1, 0.15) is 0 Å². The maximum Gasteiger partial charge on any atom is 0.00490 e. The Balaban J connectivity index is 0.000000970. The van der Waals surface area contributed by atoms with Crippen LogP contribution < -0.4 is 0 Å². The number of rotatable bonds is 6. The standard InChI is InChI=1S/C25H24S.C8H18.2C2H6/c1-2-3-10-23(21-11-6-4-7-12-21)16-15-20-17-24(19-25(26)18-20)22-13-8-5-9-14-22;1-7(2,3)8(4,5)6;2*1-2/h2-3,5-6,8-14,16-19,26H,1,4,7,15H2;1-6H3;2*1-2H3/b10-3-,23-16+;;;. The molecule has 2 aromatic rings. The van der Waals surface area contributed by atoms with Gasteiger partial charge >= 0.3 is 0 Å². The van der Waals surface area contributed by atoms with Gasteiger partial charge < -0.3 is 0 Å². The van der Waals surface area contributed by atoms with Gasteiger partial charge in [0.05, 0.1) is 0 Å². The predicted molar refractivity (Wildman–Crippen MR) is 178 cm³/mol. The van der Waals surface area contributed by atoms with Crippen LogP contribution in [0.5, 0.6) is 0 Å². The third-order valence-corrected chi connectivity index (χ3v) is 6.89. The second-order valence-corrected chi connectivity index (χ2v) is 11.4. The molecule has 38 heavy (non-hydrogen) atoms. The van der Waals surface area contributed by atoms with Gasteiger partial charge in [0.2, 0.25) is 0 Å². The van der Waals surface area contributed by atoms with Crippen molar-refractivity contribution in [2.45, 2.75) is 93.4 Å². The van der Waals surface area contributed by atoms with Crippen LogP contribution in [0.15, 0.2) is 114 Å². The van der Waals surface area contributed by atoms with E-state index in [-0.39, 0.29) is 0 Å². The normalized spacial score (nSPS) is 13.2. The first-order valence-electron chi connectivity index (χ1n) is 14.3. The zero-order valence-electron chi connectivity index (χ0n) is 25.9. The lowest BCUT2D eigenvalue weighted by molar-refractivity contribution is 0.157. The second-order valence-electron chi connectivity index (χ2n) is 10.9. The van der Waals surface area contributed by atoms with Crippen molar-refractivity contribution >= 4 is 12.6 Å². The highest BCUT2D eigenvalue weighted by Crippen LogP contribution is 2.36. The molecule has 2 aromatic carbocycles. The number of thiol groups is 1. The number of hydrogen-bond donors (Lipinski definition) is 1. The monoisotopic (exact) mass is 530 g/mol. The third-order valence-electron chi connectivity index (χ3n) is 6.63. The van der Waals surface area contributed by atoms with Crippen molar-refractivity contribution in [3.05, 3.63) is 114 Å². The van der Waals surface area contributed by atoms with Gasteiger partial charge in [-0.3, -0.25) is 0 Å². The molecule has 1 aliphatic carbocycles. The van der Waals surface area contributed by atoms with Gasteiger partial charge in [0, 0.05) is 4.90 Å². The first-order chi connectivity index (χ1) is 18.0. The van der Waals surface area contributed by atoms with Gasteiger partial charge in [-0.1, -0.05) is 155 Å². The van der Waals surface area contributed by atoms with Crippen LogP contribution in [0, 0.1) is 10.8 Å². The summed E-state index contributed by atoms with van der Waals surface area (Å²) in [6.07, 6.45) is 18.1. The summed E-state index contributed by atoms with van der Waals surface area (Å²) in [5, 5.41) is 0. The van der Waals surface area contributed by atoms with Crippen molar-refractivity contribution in [1.82, 2.24) is 0 Å². The van der Waals surface area contributed by atoms with E-state index >= 15 is 0 Å². The molecule has 0 nitrogen and oxygen atoms in total. The van der Waals surface area contributed by atoms with Crippen molar-refractivity contribution in [3.63, 3.8) is 0 Å². The molecule has 0 N–H and O–H groups in total. The molecule has 0 saturated heterocycles. The molecule has 0 bridgehead atoms. The van der Waals surface area contributed by atoms with Crippen LogP contribution >= 0.6 is 12.6 Å². The van der Waals surface area contributed by atoms with Crippen LogP contribution in [0.4, 0.5) is 0 Å². The van der Waals surface area contributed by atoms with Crippen molar-refractivity contribution in [3.8, 4) is 11.1 Å². The summed E-state index contributed by atoms with van der Waals surface area (Å²) in [5.74, 6) is 0. The fourth-order valence-electron chi connectivity index (χ4n) is 3.10. The van der Waals surface area contributed by atoms with Crippen molar-refractivity contribution < 1.29 is 0 Å². The van der Waals surface area contributed by atoms with Crippen LogP contribution in [0.3, 0.4) is 0 Å². The highest BCUT2D eigenvalue weighted by Gasteiger charge is 2.26. The summed E-state index contributed by atoms with van der Waals surface area (Å²) < 4.78 is 0. The van der Waals surface area contributed by atoms with E-state index in [1.54, 1.807) is 0 Å². The lowest BCUT2D eigenvalue weighted by atomic mass is 9.71. The van der Waals surface area contributed by atoms with E-state index in [1.165, 1.54) is 27.8 Å². The summed E-state index contributed by atoms with van der Waals surface area (Å²) in [5.41, 5.74) is 7.10. The van der Waals surface area contributed by atoms with Crippen molar-refractivity contribution in [2.24, 2.45) is 10.8 Å². The molecule has 0 fully saturated rings. The second kappa shape index (κ2) is 18.7. The smallest absolute Gasteiger partial charge is 0.00490 e. The summed E-state index contributed by atoms with van der Waals surface area (Å²) in [7, 11) is 0. The van der Waals surface area contributed by atoms with Crippen LogP contribution in [0.2, 0.25) is 0 Å². The molecule has 0 amide bonds. The predicted octanol–water partition coefficient (Wildman–Crippen LogP) is 12.3. The van der Waals surface area contributed by atoms with E-state index < -0.39 is 0 Å². The lowest BCUT2D eigenvalue weighted by Crippen LogP contribution is -2.25. The average Bonchev–Trinajstić information content (AvgIpc) is 2.91. The molecule has 3 rings (SSSR count). The molecule has 0 saturated carbocycles. The molecular weight excluding hydrogens is 476 g/mol. The molecular formula is C37H54S. The van der Waals surface area contributed by atoms with E-state index in [0.29, 0.717) is 10.8 Å². The molecule has 208 valence electrons. The molecule has 0 spiro atoms. The Morgan fingerprint density at radius 1 is 0.842 bits per heavy atom. The van der Waals surface area contributed by atoms with Crippen LogP contribution in [-0.4, -0.2) is 0 Å². The molecule has 0 aliphatic heterocycles. The molecule has 0 atom stereocenters. The minimum atomic E-state index is 0.437. The highest BCUT2D eigenvalue weighted by atomic mass is 32.1. The van der Waals surface area contributed by atoms with Crippen LogP contribution in [0.25, 0.3) is 11.1 Å². The minimum Gasteiger partial charge on any atom is -0.143 e. The van der Waals surface area contributed by atoms with E-state index in [9.17, 15) is 0 Å². The Hall–Kier alpha value is -2.51. The molecule has 1 heteroatoms. The van der Waals surface area contributed by atoms with Crippen LogP contribution in [0.1, 0.15) is 87.6 Å². The van der Waals surface area contributed by atoms with E-state index in [0.717, 1.165) is 24.2 Å². The first kappa shape index (κ1) is 35.5. The van der Waals surface area contributed by atoms with Crippen molar-refractivity contribution in [2.75, 3.05) is 0 Å². The quantitative estimate of drug-likeness (QED) is 0.278. The maximum atomic E-state index is 4.61. The number of hydrogen-bond acceptors (Lipinski definition) is 1. The van der Waals surface area contributed by atoms with Crippen molar-refractivity contribution in [1.29, 1.82) is 0 Å². The van der Waals surface area contributed by atoms with Gasteiger partial charge in [-0.2, -0.15) is 0 Å². The highest BCUT2D eigenvalue weighted by molar-refractivity contribution is 7.80. The first-order valence-corrected chi connectivity index (χ1v) is 14.7. The minimum absolute atomic E-state index is 0.437. The summed E-state index contributed by atoms with van der Waals surface area (Å²) >= 11 is 4.61. The Labute approximate surface area is 241 Å². The Morgan fingerprint density at radius 3 is 1.95 bits per heavy atom. The number of allylic oxidation sites excluding steroid dienone is 9. The number of benzene rings is 2. The van der Waals surface area contributed by atoms with Gasteiger partial charge in [0.15, 0.2) is 0 Å². The largest absolute Gasteiger partial charge is 0.143 e. The van der Waals surface area contributed by atoms with E-state index in [4.69, 9.17) is 0 Å². The summed E-state index contributed by atoms with van der Waals surface area (Å²) in [6.45, 7) is 25.4. The Bertz CT molecular complexity index is 1040. The van der Waals surface area contributed by atoms with Gasteiger partial charge in [-0.25, -0.2) is 0 Å². The Morgan fingerprint density at radius 2 is 1.45 bits per heavy atom. The molecule has 1 aliphatic rings. The zero-order valence-corrected chi connectivity index (χ0v) is 26.8. The maximum absolute atomic E-state index is 4.61. The average molecular weight is 531 g/mol. The topological polar surface area (TPSA) is 0 Å². The lowest BCUT2D eigenvalue weighted by Gasteiger charge is -2.34. The molecule has 0 unspecified atom stereocenters. The third kappa shape index (κ3) is 13.3. The van der Waals surface area contributed by atoms with E-state index in [1.807, 2.05) is 45.9 Å². The SMILES string of the molecule is C=C/C=C\C(=C/Cc1cc(S)cc(-c2ccccc2)c1)C1=CCCC=C1.CC.CC.CC(C)(C)C(C)(C)C. The fraction of sp³-hybridized carbons (Fsp3) is 0.405. The zero-order chi connectivity index (χ0) is 29.2. The van der Waals surface area contributed by atoms with Gasteiger partial charge in [-0.15, -0.1) is 12.6 Å². The van der Waals surface area contributed by atoms with E-state index in [2.05, 4.69) is 134 Å². The Kier molecular flexibility index (Phi) is 17.5. The summed E-state index contributed by atoms with van der Waals surface area (Å²) in [6, 6.07) is 17.0. The molecule has 0 aromatic heterocycles. The molecule has 0 radical (unpaired) electrons. The molecule has 0 heterocycles. The van der Waals surface area contributed by atoms with Crippen LogP contribution in [-0.2, 0) is 6.42 Å². The summed E-state index contributed by atoms with van der Waals surface area (Å²) in [4.78, 5) is 0.995.